The molecule has 1 unspecified atom stereocenters. The fourth-order valence-corrected chi connectivity index (χ4v) is 5.19. The van der Waals surface area contributed by atoms with Crippen molar-refractivity contribution < 1.29 is 9.59 Å². The van der Waals surface area contributed by atoms with E-state index in [1.165, 1.54) is 11.8 Å². The molecule has 0 saturated carbocycles. The molecule has 178 valence electrons. The minimum atomic E-state index is -0.123. The summed E-state index contributed by atoms with van der Waals surface area (Å²) in [6.45, 7) is 2.70. The van der Waals surface area contributed by atoms with Crippen LogP contribution in [0.15, 0.2) is 71.9 Å². The molecular weight excluding hydrogens is 458 g/mol. The Morgan fingerprint density at radius 3 is 2.60 bits per heavy atom. The van der Waals surface area contributed by atoms with Gasteiger partial charge in [-0.2, -0.15) is 0 Å². The van der Waals surface area contributed by atoms with Gasteiger partial charge >= 0.3 is 0 Å². The highest BCUT2D eigenvalue weighted by Crippen LogP contribution is 2.33. The maximum Gasteiger partial charge on any atom is 0.254 e. The average molecular weight is 486 g/mol. The molecule has 1 saturated heterocycles. The highest BCUT2D eigenvalue weighted by molar-refractivity contribution is 7.99. The number of carbonyl (C=O) groups excluding carboxylic acids is 2. The van der Waals surface area contributed by atoms with E-state index in [2.05, 4.69) is 15.5 Å². The zero-order chi connectivity index (χ0) is 24.4. The number of anilines is 1. The largest absolute Gasteiger partial charge is 0.328 e. The summed E-state index contributed by atoms with van der Waals surface area (Å²) in [5.41, 5.74) is 2.58. The number of aromatic nitrogens is 3. The highest BCUT2D eigenvalue weighted by atomic mass is 32.2. The van der Waals surface area contributed by atoms with E-state index in [0.29, 0.717) is 17.3 Å². The van der Waals surface area contributed by atoms with Crippen LogP contribution in [0.1, 0.15) is 40.6 Å². The second-order valence-electron chi connectivity index (χ2n) is 8.82. The summed E-state index contributed by atoms with van der Waals surface area (Å²) in [7, 11) is 1.89. The Morgan fingerprint density at radius 2 is 1.80 bits per heavy atom. The number of likely N-dealkylation sites (tertiary alicyclic amines) is 1. The normalized spacial score (nSPS) is 15.5. The summed E-state index contributed by atoms with van der Waals surface area (Å²) >= 11 is 1.34. The molecule has 1 aromatic heterocycles. The Balaban J connectivity index is 1.23. The minimum absolute atomic E-state index is 0.0134. The molecule has 1 fully saturated rings. The molecular formula is C27H27N5O2S. The van der Waals surface area contributed by atoms with Gasteiger partial charge in [-0.3, -0.25) is 9.59 Å². The number of fused-ring (bicyclic) bond motifs is 1. The zero-order valence-corrected chi connectivity index (χ0v) is 20.6. The third-order valence-corrected chi connectivity index (χ3v) is 7.36. The van der Waals surface area contributed by atoms with E-state index in [1.54, 1.807) is 0 Å². The van der Waals surface area contributed by atoms with Gasteiger partial charge in [-0.05, 0) is 54.8 Å². The number of aryl methyl sites for hydroxylation is 1. The molecule has 2 heterocycles. The molecule has 1 aliphatic heterocycles. The molecule has 0 radical (unpaired) electrons. The van der Waals surface area contributed by atoms with Gasteiger partial charge in [0.15, 0.2) is 11.0 Å². The van der Waals surface area contributed by atoms with Gasteiger partial charge < -0.3 is 14.8 Å². The molecule has 3 aromatic carbocycles. The number of benzene rings is 3. The van der Waals surface area contributed by atoms with Crippen molar-refractivity contribution in [3.05, 3.63) is 83.7 Å². The Hall–Kier alpha value is -3.65. The number of thioether (sulfide) groups is 1. The molecule has 5 rings (SSSR count). The molecule has 0 spiro atoms. The number of hydrogen-bond donors (Lipinski definition) is 1. The lowest BCUT2D eigenvalue weighted by Gasteiger charge is -2.24. The summed E-state index contributed by atoms with van der Waals surface area (Å²) in [6.07, 6.45) is 1.77. The van der Waals surface area contributed by atoms with Crippen LogP contribution < -0.4 is 5.32 Å². The Kier molecular flexibility index (Phi) is 6.55. The number of nitrogens with one attached hydrogen (secondary N) is 1. The van der Waals surface area contributed by atoms with Gasteiger partial charge in [0.1, 0.15) is 0 Å². The maximum absolute atomic E-state index is 13.1. The van der Waals surface area contributed by atoms with E-state index in [1.807, 2.05) is 90.2 Å². The first-order valence-corrected chi connectivity index (χ1v) is 12.7. The van der Waals surface area contributed by atoms with Crippen LogP contribution in [0, 0.1) is 6.92 Å². The number of hydrogen-bond acceptors (Lipinski definition) is 5. The van der Waals surface area contributed by atoms with Gasteiger partial charge in [-0.15, -0.1) is 10.2 Å². The second kappa shape index (κ2) is 9.92. The number of nitrogens with zero attached hydrogens (tertiary/aromatic N) is 4. The third-order valence-electron chi connectivity index (χ3n) is 6.34. The first-order valence-electron chi connectivity index (χ1n) is 11.7. The molecule has 1 atom stereocenters. The molecule has 0 aliphatic carbocycles. The van der Waals surface area contributed by atoms with Crippen molar-refractivity contribution in [2.45, 2.75) is 31.0 Å². The van der Waals surface area contributed by atoms with Gasteiger partial charge in [0.25, 0.3) is 5.91 Å². The van der Waals surface area contributed by atoms with Crippen molar-refractivity contribution in [3.8, 4) is 0 Å². The first-order chi connectivity index (χ1) is 17.0. The standard InChI is InChI=1S/C27H27N5O2S/c1-18-9-11-20(12-10-18)26(34)32-15-5-8-23(32)25-29-30-27(31(25)2)35-17-24(33)28-22-14-13-19-6-3-4-7-21(19)16-22/h3-4,6-7,9-14,16,23H,5,8,15,17H2,1-2H3,(H,28,33). The monoisotopic (exact) mass is 485 g/mol. The van der Waals surface area contributed by atoms with E-state index in [0.717, 1.165) is 40.7 Å². The summed E-state index contributed by atoms with van der Waals surface area (Å²) in [5.74, 6) is 0.877. The van der Waals surface area contributed by atoms with Crippen LogP contribution in [0.4, 0.5) is 5.69 Å². The van der Waals surface area contributed by atoms with Crippen LogP contribution >= 0.6 is 11.8 Å². The fourth-order valence-electron chi connectivity index (χ4n) is 4.48. The summed E-state index contributed by atoms with van der Waals surface area (Å²) in [5, 5.41) is 14.5. The molecule has 35 heavy (non-hydrogen) atoms. The predicted molar refractivity (Wildman–Crippen MR) is 138 cm³/mol. The van der Waals surface area contributed by atoms with Gasteiger partial charge in [-0.25, -0.2) is 0 Å². The quantitative estimate of drug-likeness (QED) is 0.390. The lowest BCUT2D eigenvalue weighted by atomic mass is 10.1. The molecule has 7 nitrogen and oxygen atoms in total. The molecule has 0 bridgehead atoms. The van der Waals surface area contributed by atoms with Crippen LogP contribution in [0.3, 0.4) is 0 Å². The van der Waals surface area contributed by atoms with E-state index in [4.69, 9.17) is 0 Å². The predicted octanol–water partition coefficient (Wildman–Crippen LogP) is 4.98. The van der Waals surface area contributed by atoms with Crippen molar-refractivity contribution in [2.24, 2.45) is 7.05 Å². The molecule has 8 heteroatoms. The first kappa shape index (κ1) is 23.1. The number of carbonyl (C=O) groups is 2. The Morgan fingerprint density at radius 1 is 1.03 bits per heavy atom. The Bertz CT molecular complexity index is 1380. The smallest absolute Gasteiger partial charge is 0.254 e. The van der Waals surface area contributed by atoms with Crippen LogP contribution in [0.2, 0.25) is 0 Å². The van der Waals surface area contributed by atoms with Gasteiger partial charge in [0.2, 0.25) is 5.91 Å². The molecule has 1 aliphatic rings. The van der Waals surface area contributed by atoms with Crippen LogP contribution in [0.5, 0.6) is 0 Å². The van der Waals surface area contributed by atoms with Crippen molar-refractivity contribution in [3.63, 3.8) is 0 Å². The lowest BCUT2D eigenvalue weighted by Crippen LogP contribution is -2.31. The van der Waals surface area contributed by atoms with Crippen molar-refractivity contribution in [2.75, 3.05) is 17.6 Å². The lowest BCUT2D eigenvalue weighted by molar-refractivity contribution is -0.113. The highest BCUT2D eigenvalue weighted by Gasteiger charge is 2.34. The topological polar surface area (TPSA) is 80.1 Å². The van der Waals surface area contributed by atoms with E-state index >= 15 is 0 Å². The Labute approximate surface area is 208 Å². The van der Waals surface area contributed by atoms with Crippen LogP contribution in [-0.4, -0.2) is 43.8 Å². The minimum Gasteiger partial charge on any atom is -0.328 e. The molecule has 2 amide bonds. The van der Waals surface area contributed by atoms with E-state index in [-0.39, 0.29) is 23.6 Å². The maximum atomic E-state index is 13.1. The van der Waals surface area contributed by atoms with E-state index in [9.17, 15) is 9.59 Å². The SMILES string of the molecule is Cc1ccc(C(=O)N2CCCC2c2nnc(SCC(=O)Nc3ccc4ccccc4c3)n2C)cc1. The average Bonchev–Trinajstić information content (AvgIpc) is 3.49. The van der Waals surface area contributed by atoms with Gasteiger partial charge in [0.05, 0.1) is 11.8 Å². The van der Waals surface area contributed by atoms with Crippen molar-refractivity contribution in [1.29, 1.82) is 0 Å². The van der Waals surface area contributed by atoms with Crippen LogP contribution in [0.25, 0.3) is 10.8 Å². The van der Waals surface area contributed by atoms with Crippen LogP contribution in [-0.2, 0) is 11.8 Å². The fraction of sp³-hybridized carbons (Fsp3) is 0.259. The number of rotatable bonds is 6. The van der Waals surface area contributed by atoms with Gasteiger partial charge in [0, 0.05) is 24.8 Å². The molecule has 1 N–H and O–H groups in total. The van der Waals surface area contributed by atoms with Crippen molar-refractivity contribution in [1.82, 2.24) is 19.7 Å². The summed E-state index contributed by atoms with van der Waals surface area (Å²) < 4.78 is 1.90. The zero-order valence-electron chi connectivity index (χ0n) is 19.8. The van der Waals surface area contributed by atoms with Crippen molar-refractivity contribution >= 4 is 40.0 Å². The van der Waals surface area contributed by atoms with Gasteiger partial charge in [-0.1, -0.05) is 59.8 Å². The second-order valence-corrected chi connectivity index (χ2v) is 9.76. The summed E-state index contributed by atoms with van der Waals surface area (Å²) in [4.78, 5) is 27.6. The number of amides is 2. The molecule has 4 aromatic rings. The van der Waals surface area contributed by atoms with E-state index < -0.39 is 0 Å². The summed E-state index contributed by atoms with van der Waals surface area (Å²) in [6, 6.07) is 21.5. The third kappa shape index (κ3) is 4.93.